The van der Waals surface area contributed by atoms with Gasteiger partial charge in [0.25, 0.3) is 5.91 Å². The number of hydrogen-bond donors (Lipinski definition) is 1. The van der Waals surface area contributed by atoms with Gasteiger partial charge in [-0.15, -0.1) is 0 Å². The average Bonchev–Trinajstić information content (AvgIpc) is 2.81. The number of aliphatic hydroxyl groups is 1. The minimum absolute atomic E-state index is 0.0388. The summed E-state index contributed by atoms with van der Waals surface area (Å²) in [6.45, 7) is 0.214. The molecule has 3 aromatic rings. The molecule has 32 heavy (non-hydrogen) atoms. The standard InChI is InChI=1S/C26H23FN2O3/c27-21-12-10-20(11-13-21)26(32)28-14-22-25(23(16-30)29(22)24(31)15-28)19-8-6-18(7-9-19)17-4-2-1-3-5-17/h1-13,22-23,25,30H,14-16H2/t22-,23-,25+/m1/s1. The number of aliphatic hydroxyl groups excluding tert-OH is 1. The van der Waals surface area contributed by atoms with Crippen LogP contribution in [0.3, 0.4) is 0 Å². The van der Waals surface area contributed by atoms with E-state index in [4.69, 9.17) is 0 Å². The lowest BCUT2D eigenvalue weighted by molar-refractivity contribution is -0.159. The Bertz CT molecular complexity index is 1130. The van der Waals surface area contributed by atoms with E-state index < -0.39 is 5.82 Å². The molecule has 2 aliphatic heterocycles. The molecule has 3 atom stereocenters. The molecule has 0 aromatic heterocycles. The van der Waals surface area contributed by atoms with Crippen LogP contribution in [0.1, 0.15) is 21.8 Å². The average molecular weight is 430 g/mol. The molecular weight excluding hydrogens is 407 g/mol. The SMILES string of the molecule is O=C(c1ccc(F)cc1)N1CC(=O)N2[C@H](CO)[C@@H](c3ccc(-c4ccccc4)cc3)[C@H]2C1. The fraction of sp³-hybridized carbons (Fsp3) is 0.231. The van der Waals surface area contributed by atoms with Gasteiger partial charge in [-0.1, -0.05) is 54.6 Å². The van der Waals surface area contributed by atoms with E-state index in [9.17, 15) is 19.1 Å². The van der Waals surface area contributed by atoms with E-state index in [-0.39, 0.29) is 43.0 Å². The second kappa shape index (κ2) is 8.20. The van der Waals surface area contributed by atoms with Crippen LogP contribution in [-0.4, -0.2) is 58.5 Å². The molecule has 2 aliphatic rings. The highest BCUT2D eigenvalue weighted by molar-refractivity contribution is 5.97. The second-order valence-electron chi connectivity index (χ2n) is 8.32. The van der Waals surface area contributed by atoms with Gasteiger partial charge in [0.05, 0.1) is 18.7 Å². The van der Waals surface area contributed by atoms with Crippen molar-refractivity contribution < 1.29 is 19.1 Å². The Kier molecular flexibility index (Phi) is 5.23. The molecule has 0 radical (unpaired) electrons. The predicted molar refractivity (Wildman–Crippen MR) is 118 cm³/mol. The van der Waals surface area contributed by atoms with Gasteiger partial charge in [0.2, 0.25) is 5.91 Å². The summed E-state index contributed by atoms with van der Waals surface area (Å²) in [5, 5.41) is 9.98. The van der Waals surface area contributed by atoms with Gasteiger partial charge >= 0.3 is 0 Å². The second-order valence-corrected chi connectivity index (χ2v) is 8.32. The highest BCUT2D eigenvalue weighted by Gasteiger charge is 2.54. The molecule has 162 valence electrons. The topological polar surface area (TPSA) is 60.9 Å². The van der Waals surface area contributed by atoms with E-state index in [2.05, 4.69) is 12.1 Å². The van der Waals surface area contributed by atoms with Gasteiger partial charge in [-0.2, -0.15) is 0 Å². The lowest BCUT2D eigenvalue weighted by Gasteiger charge is -2.58. The van der Waals surface area contributed by atoms with E-state index in [1.54, 1.807) is 4.90 Å². The van der Waals surface area contributed by atoms with Gasteiger partial charge in [-0.25, -0.2) is 4.39 Å². The molecule has 0 aliphatic carbocycles. The number of carbonyl (C=O) groups is 2. The zero-order valence-corrected chi connectivity index (χ0v) is 17.4. The van der Waals surface area contributed by atoms with Crippen LogP contribution in [0, 0.1) is 5.82 Å². The maximum atomic E-state index is 13.2. The van der Waals surface area contributed by atoms with Crippen LogP contribution in [0.4, 0.5) is 4.39 Å². The number of benzene rings is 3. The molecule has 2 amide bonds. The van der Waals surface area contributed by atoms with Gasteiger partial charge < -0.3 is 14.9 Å². The maximum absolute atomic E-state index is 13.2. The zero-order chi connectivity index (χ0) is 22.2. The molecule has 0 unspecified atom stereocenters. The first-order chi connectivity index (χ1) is 15.6. The summed E-state index contributed by atoms with van der Waals surface area (Å²) in [7, 11) is 0. The molecule has 3 aromatic carbocycles. The van der Waals surface area contributed by atoms with Crippen molar-refractivity contribution in [1.29, 1.82) is 0 Å². The summed E-state index contributed by atoms with van der Waals surface area (Å²) >= 11 is 0. The van der Waals surface area contributed by atoms with Crippen LogP contribution in [-0.2, 0) is 4.79 Å². The molecule has 1 N–H and O–H groups in total. The molecule has 2 heterocycles. The fourth-order valence-electron chi connectivity index (χ4n) is 4.96. The number of rotatable bonds is 4. The van der Waals surface area contributed by atoms with Crippen LogP contribution >= 0.6 is 0 Å². The van der Waals surface area contributed by atoms with Gasteiger partial charge in [0, 0.05) is 18.0 Å². The lowest BCUT2D eigenvalue weighted by Crippen LogP contribution is -2.73. The molecule has 5 rings (SSSR count). The Hall–Kier alpha value is -3.51. The first-order valence-corrected chi connectivity index (χ1v) is 10.7. The molecule has 0 bridgehead atoms. The summed E-state index contributed by atoms with van der Waals surface area (Å²) in [6, 6.07) is 23.1. The third kappa shape index (κ3) is 3.46. The monoisotopic (exact) mass is 430 g/mol. The number of amides is 2. The van der Waals surface area contributed by atoms with E-state index in [0.717, 1.165) is 16.7 Å². The van der Waals surface area contributed by atoms with Gasteiger partial charge in [0.15, 0.2) is 0 Å². The van der Waals surface area contributed by atoms with Crippen LogP contribution in [0.15, 0.2) is 78.9 Å². The zero-order valence-electron chi connectivity index (χ0n) is 17.4. The Labute approximate surface area is 185 Å². The number of carbonyl (C=O) groups excluding carboxylic acids is 2. The van der Waals surface area contributed by atoms with Crippen molar-refractivity contribution in [2.45, 2.75) is 18.0 Å². The van der Waals surface area contributed by atoms with Gasteiger partial charge in [-0.05, 0) is 41.0 Å². The van der Waals surface area contributed by atoms with E-state index in [1.165, 1.54) is 29.2 Å². The number of hydrogen-bond acceptors (Lipinski definition) is 3. The minimum Gasteiger partial charge on any atom is -0.394 e. The van der Waals surface area contributed by atoms with Crippen molar-refractivity contribution in [3.05, 3.63) is 95.8 Å². The van der Waals surface area contributed by atoms with E-state index >= 15 is 0 Å². The molecule has 6 heteroatoms. The summed E-state index contributed by atoms with van der Waals surface area (Å²) in [4.78, 5) is 29.0. The van der Waals surface area contributed by atoms with Gasteiger partial charge in [-0.3, -0.25) is 9.59 Å². The van der Waals surface area contributed by atoms with Crippen molar-refractivity contribution in [2.75, 3.05) is 19.7 Å². The molecule has 0 saturated carbocycles. The highest BCUT2D eigenvalue weighted by atomic mass is 19.1. The number of halogens is 1. The van der Waals surface area contributed by atoms with Crippen LogP contribution in [0.25, 0.3) is 11.1 Å². The van der Waals surface area contributed by atoms with Crippen LogP contribution in [0.2, 0.25) is 0 Å². The first kappa shape index (κ1) is 20.4. The maximum Gasteiger partial charge on any atom is 0.254 e. The normalized spacial score (nSPS) is 22.3. The third-order valence-corrected chi connectivity index (χ3v) is 6.53. The Balaban J connectivity index is 1.38. The predicted octanol–water partition coefficient (Wildman–Crippen LogP) is 3.30. The molecule has 0 spiro atoms. The fourth-order valence-corrected chi connectivity index (χ4v) is 4.96. The molecule has 2 fully saturated rings. The summed E-state index contributed by atoms with van der Waals surface area (Å²) < 4.78 is 13.2. The number of fused-ring (bicyclic) bond motifs is 1. The largest absolute Gasteiger partial charge is 0.394 e. The number of nitrogens with zero attached hydrogens (tertiary/aromatic N) is 2. The van der Waals surface area contributed by atoms with Crippen LogP contribution in [0.5, 0.6) is 0 Å². The van der Waals surface area contributed by atoms with Crippen molar-refractivity contribution in [2.24, 2.45) is 0 Å². The Morgan fingerprint density at radius 2 is 1.59 bits per heavy atom. The van der Waals surface area contributed by atoms with Crippen molar-refractivity contribution >= 4 is 11.8 Å². The Morgan fingerprint density at radius 3 is 2.25 bits per heavy atom. The molecular formula is C26H23FN2O3. The summed E-state index contributed by atoms with van der Waals surface area (Å²) in [5.41, 5.74) is 3.61. The smallest absolute Gasteiger partial charge is 0.254 e. The number of piperazine rings is 1. The quantitative estimate of drug-likeness (QED) is 0.691. The van der Waals surface area contributed by atoms with Crippen LogP contribution < -0.4 is 0 Å². The first-order valence-electron chi connectivity index (χ1n) is 10.7. The highest BCUT2D eigenvalue weighted by Crippen LogP contribution is 2.43. The third-order valence-electron chi connectivity index (χ3n) is 6.53. The summed E-state index contributed by atoms with van der Waals surface area (Å²) in [6.07, 6.45) is 0. The van der Waals surface area contributed by atoms with E-state index in [1.807, 2.05) is 42.5 Å². The van der Waals surface area contributed by atoms with Crippen molar-refractivity contribution in [3.63, 3.8) is 0 Å². The van der Waals surface area contributed by atoms with Gasteiger partial charge in [0.1, 0.15) is 12.4 Å². The Morgan fingerprint density at radius 1 is 0.938 bits per heavy atom. The minimum atomic E-state index is -0.411. The summed E-state index contributed by atoms with van der Waals surface area (Å²) in [5.74, 6) is -0.930. The molecule has 2 saturated heterocycles. The van der Waals surface area contributed by atoms with E-state index in [0.29, 0.717) is 12.1 Å². The van der Waals surface area contributed by atoms with Crippen molar-refractivity contribution in [3.8, 4) is 11.1 Å². The van der Waals surface area contributed by atoms with Crippen molar-refractivity contribution in [1.82, 2.24) is 9.80 Å². The lowest BCUT2D eigenvalue weighted by atomic mass is 9.73. The molecule has 5 nitrogen and oxygen atoms in total.